The van der Waals surface area contributed by atoms with Gasteiger partial charge in [-0.3, -0.25) is 19.5 Å². The van der Waals surface area contributed by atoms with Crippen molar-refractivity contribution in [3.05, 3.63) is 54.4 Å². The van der Waals surface area contributed by atoms with E-state index in [4.69, 9.17) is 4.74 Å². The maximum Gasteiger partial charge on any atom is 0.327 e. The van der Waals surface area contributed by atoms with Crippen LogP contribution in [-0.2, 0) is 16.1 Å². The lowest BCUT2D eigenvalue weighted by Gasteiger charge is -2.46. The van der Waals surface area contributed by atoms with E-state index < -0.39 is 12.1 Å². The number of benzene rings is 1. The molecule has 0 saturated carbocycles. The van der Waals surface area contributed by atoms with E-state index in [1.165, 1.54) is 9.80 Å². The van der Waals surface area contributed by atoms with E-state index in [1.807, 2.05) is 6.07 Å². The maximum atomic E-state index is 13.3. The van der Waals surface area contributed by atoms with Crippen molar-refractivity contribution in [2.24, 2.45) is 0 Å². The third-order valence-electron chi connectivity index (χ3n) is 5.59. The smallest absolute Gasteiger partial charge is 0.327 e. The molecule has 31 heavy (non-hydrogen) atoms. The van der Waals surface area contributed by atoms with Crippen molar-refractivity contribution in [2.45, 2.75) is 31.5 Å². The van der Waals surface area contributed by atoms with E-state index >= 15 is 0 Å². The molecule has 1 aromatic carbocycles. The first-order chi connectivity index (χ1) is 15.1. The third-order valence-corrected chi connectivity index (χ3v) is 5.59. The van der Waals surface area contributed by atoms with Crippen molar-refractivity contribution in [2.75, 3.05) is 25.5 Å². The van der Waals surface area contributed by atoms with Crippen LogP contribution >= 0.6 is 0 Å². The summed E-state index contributed by atoms with van der Waals surface area (Å²) in [7, 11) is 1.57. The fourth-order valence-electron chi connectivity index (χ4n) is 4.05. The molecule has 9 nitrogen and oxygen atoms in total. The highest BCUT2D eigenvalue weighted by Gasteiger charge is 2.47. The quantitative estimate of drug-likeness (QED) is 0.732. The van der Waals surface area contributed by atoms with Crippen LogP contribution < -0.4 is 15.4 Å². The van der Waals surface area contributed by atoms with Crippen LogP contribution in [0.4, 0.5) is 10.5 Å². The molecule has 162 valence electrons. The highest BCUT2D eigenvalue weighted by molar-refractivity contribution is 6.02. The van der Waals surface area contributed by atoms with Crippen LogP contribution in [-0.4, -0.2) is 64.9 Å². The average molecular weight is 423 g/mol. The second-order valence-corrected chi connectivity index (χ2v) is 7.61. The van der Waals surface area contributed by atoms with Crippen molar-refractivity contribution in [3.63, 3.8) is 0 Å². The average Bonchev–Trinajstić information content (AvgIpc) is 2.80. The number of ether oxygens (including phenoxy) is 1. The molecule has 4 rings (SSSR count). The predicted molar refractivity (Wildman–Crippen MR) is 113 cm³/mol. The SMILES string of the molecule is COc1ccc(NC(=O)CN2C(=O)N(Cc3cccnc3)C(=O)C3NCCCC32)cc1. The van der Waals surface area contributed by atoms with E-state index in [-0.39, 0.29) is 30.9 Å². The molecule has 2 aliphatic heterocycles. The van der Waals surface area contributed by atoms with Crippen LogP contribution in [0.2, 0.25) is 0 Å². The Bertz CT molecular complexity index is 950. The number of imide groups is 1. The lowest BCUT2D eigenvalue weighted by Crippen LogP contribution is -2.70. The summed E-state index contributed by atoms with van der Waals surface area (Å²) in [4.78, 5) is 45.8. The van der Waals surface area contributed by atoms with Crippen molar-refractivity contribution in [1.82, 2.24) is 20.1 Å². The Morgan fingerprint density at radius 1 is 1.26 bits per heavy atom. The van der Waals surface area contributed by atoms with Gasteiger partial charge in [0.2, 0.25) is 11.8 Å². The lowest BCUT2D eigenvalue weighted by atomic mass is 9.93. The van der Waals surface area contributed by atoms with Crippen LogP contribution in [0.15, 0.2) is 48.8 Å². The Balaban J connectivity index is 1.51. The highest BCUT2D eigenvalue weighted by Crippen LogP contribution is 2.26. The largest absolute Gasteiger partial charge is 0.497 e. The molecule has 0 spiro atoms. The van der Waals surface area contributed by atoms with Gasteiger partial charge in [0, 0.05) is 18.1 Å². The second-order valence-electron chi connectivity index (χ2n) is 7.61. The summed E-state index contributed by atoms with van der Waals surface area (Å²) in [5, 5.41) is 6.04. The molecule has 1 aromatic heterocycles. The van der Waals surface area contributed by atoms with Crippen LogP contribution in [0, 0.1) is 0 Å². The fraction of sp³-hybridized carbons (Fsp3) is 0.364. The first kappa shape index (κ1) is 20.8. The minimum Gasteiger partial charge on any atom is -0.497 e. The number of piperidine rings is 1. The summed E-state index contributed by atoms with van der Waals surface area (Å²) in [5.41, 5.74) is 1.36. The Morgan fingerprint density at radius 2 is 2.06 bits per heavy atom. The Labute approximate surface area is 180 Å². The molecule has 0 radical (unpaired) electrons. The van der Waals surface area contributed by atoms with Gasteiger partial charge in [-0.1, -0.05) is 6.07 Å². The fourth-order valence-corrected chi connectivity index (χ4v) is 4.05. The number of nitrogens with zero attached hydrogens (tertiary/aromatic N) is 3. The predicted octanol–water partition coefficient (Wildman–Crippen LogP) is 1.61. The van der Waals surface area contributed by atoms with E-state index in [9.17, 15) is 14.4 Å². The van der Waals surface area contributed by atoms with Gasteiger partial charge < -0.3 is 20.3 Å². The van der Waals surface area contributed by atoms with E-state index in [2.05, 4.69) is 15.6 Å². The van der Waals surface area contributed by atoms with E-state index in [0.29, 0.717) is 24.4 Å². The molecule has 2 saturated heterocycles. The number of hydrogen-bond donors (Lipinski definition) is 2. The van der Waals surface area contributed by atoms with Crippen molar-refractivity contribution >= 4 is 23.5 Å². The van der Waals surface area contributed by atoms with Gasteiger partial charge in [-0.25, -0.2) is 4.79 Å². The topological polar surface area (TPSA) is 104 Å². The first-order valence-corrected chi connectivity index (χ1v) is 10.2. The Morgan fingerprint density at radius 3 is 2.77 bits per heavy atom. The normalized spacial score (nSPS) is 20.9. The van der Waals surface area contributed by atoms with Gasteiger partial charge in [0.25, 0.3) is 0 Å². The monoisotopic (exact) mass is 423 g/mol. The van der Waals surface area contributed by atoms with Crippen LogP contribution in [0.1, 0.15) is 18.4 Å². The molecule has 9 heteroatoms. The van der Waals surface area contributed by atoms with Gasteiger partial charge >= 0.3 is 6.03 Å². The molecule has 2 atom stereocenters. The molecule has 2 aromatic rings. The number of fused-ring (bicyclic) bond motifs is 1. The van der Waals surface area contributed by atoms with Crippen molar-refractivity contribution in [3.8, 4) is 5.75 Å². The van der Waals surface area contributed by atoms with Gasteiger partial charge in [-0.05, 0) is 55.3 Å². The number of urea groups is 1. The number of hydrogen-bond acceptors (Lipinski definition) is 6. The summed E-state index contributed by atoms with van der Waals surface area (Å²) in [6.45, 7) is 0.686. The van der Waals surface area contributed by atoms with Gasteiger partial charge in [-0.2, -0.15) is 0 Å². The van der Waals surface area contributed by atoms with Crippen molar-refractivity contribution < 1.29 is 19.1 Å². The number of aromatic nitrogens is 1. The summed E-state index contributed by atoms with van der Waals surface area (Å²) < 4.78 is 5.13. The molecule has 2 unspecified atom stereocenters. The number of amides is 4. The molecule has 2 fully saturated rings. The number of nitrogens with one attached hydrogen (secondary N) is 2. The summed E-state index contributed by atoms with van der Waals surface area (Å²) >= 11 is 0. The zero-order valence-corrected chi connectivity index (χ0v) is 17.3. The van der Waals surface area contributed by atoms with Gasteiger partial charge in [0.05, 0.1) is 19.7 Å². The standard InChI is InChI=1S/C22H25N5O4/c1-31-17-8-6-16(7-9-17)25-19(28)14-26-18-5-3-11-24-20(18)21(29)27(22(26)30)13-15-4-2-10-23-12-15/h2,4,6-10,12,18,20,24H,3,5,11,13-14H2,1H3,(H,25,28). The molecule has 0 aliphatic carbocycles. The molecule has 2 aliphatic rings. The Kier molecular flexibility index (Phi) is 6.13. The molecule has 3 heterocycles. The second kappa shape index (κ2) is 9.13. The number of methoxy groups -OCH3 is 1. The van der Waals surface area contributed by atoms with E-state index in [1.54, 1.807) is 49.8 Å². The number of anilines is 1. The number of pyridine rings is 1. The van der Waals surface area contributed by atoms with Crippen molar-refractivity contribution in [1.29, 1.82) is 0 Å². The van der Waals surface area contributed by atoms with Gasteiger partial charge in [-0.15, -0.1) is 0 Å². The van der Waals surface area contributed by atoms with E-state index in [0.717, 1.165) is 12.0 Å². The third kappa shape index (κ3) is 4.51. The Hall–Kier alpha value is -3.46. The minimum absolute atomic E-state index is 0.118. The molecular formula is C22H25N5O4. The lowest BCUT2D eigenvalue weighted by molar-refractivity contribution is -0.138. The zero-order valence-electron chi connectivity index (χ0n) is 17.3. The highest BCUT2D eigenvalue weighted by atomic mass is 16.5. The summed E-state index contributed by atoms with van der Waals surface area (Å²) in [6, 6.07) is 9.22. The molecule has 0 bridgehead atoms. The first-order valence-electron chi connectivity index (χ1n) is 10.2. The van der Waals surface area contributed by atoms with Crippen LogP contribution in [0.25, 0.3) is 0 Å². The van der Waals surface area contributed by atoms with Gasteiger partial charge in [0.1, 0.15) is 18.3 Å². The molecular weight excluding hydrogens is 398 g/mol. The maximum absolute atomic E-state index is 13.3. The summed E-state index contributed by atoms with van der Waals surface area (Å²) in [5.74, 6) is 0.105. The van der Waals surface area contributed by atoms with Gasteiger partial charge in [0.15, 0.2) is 0 Å². The van der Waals surface area contributed by atoms with Crippen LogP contribution in [0.3, 0.4) is 0 Å². The molecule has 2 N–H and O–H groups in total. The molecule has 4 amide bonds. The number of carbonyl (C=O) groups is 3. The summed E-state index contributed by atoms with van der Waals surface area (Å²) in [6.07, 6.45) is 4.77. The number of carbonyl (C=O) groups excluding carboxylic acids is 3. The zero-order chi connectivity index (χ0) is 21.8. The number of rotatable bonds is 6. The van der Waals surface area contributed by atoms with Crippen LogP contribution in [0.5, 0.6) is 5.75 Å². The minimum atomic E-state index is -0.517.